The maximum Gasteiger partial charge on any atom is 0.352 e. The van der Waals surface area contributed by atoms with E-state index in [2.05, 4.69) is 4.98 Å². The third-order valence-corrected chi connectivity index (χ3v) is 2.14. The monoisotopic (exact) mass is 219 g/mol. The number of nitrogens with one attached hydrogen (secondary N) is 1. The molecule has 0 radical (unpaired) electrons. The Hall–Kier alpha value is -2.50. The van der Waals surface area contributed by atoms with E-state index in [1.165, 1.54) is 0 Å². The van der Waals surface area contributed by atoms with Crippen LogP contribution in [-0.2, 0) is 0 Å². The van der Waals surface area contributed by atoms with Gasteiger partial charge in [-0.1, -0.05) is 0 Å². The van der Waals surface area contributed by atoms with Crippen molar-refractivity contribution in [3.05, 3.63) is 45.4 Å². The standard InChI is InChI=1S/C10H5NO5/c12-5-1-2-6(13)9-8(5)7(14)3-4(11-9)10(15)16/h1-3H,(H,11,14)(H,15,16). The Morgan fingerprint density at radius 3 is 2.38 bits per heavy atom. The zero-order chi connectivity index (χ0) is 11.9. The summed E-state index contributed by atoms with van der Waals surface area (Å²) < 4.78 is 0. The Bertz CT molecular complexity index is 608. The summed E-state index contributed by atoms with van der Waals surface area (Å²) in [6, 6.07) is 0.783. The SMILES string of the molecule is O=C(O)c1cc(=O)c2c([nH]1)C(=O)C=CC2=O. The molecule has 0 aromatic carbocycles. The summed E-state index contributed by atoms with van der Waals surface area (Å²) in [5.41, 5.74) is -1.76. The number of carbonyl (C=O) groups excluding carboxylic acids is 2. The van der Waals surface area contributed by atoms with Crippen molar-refractivity contribution in [2.45, 2.75) is 0 Å². The number of carboxylic acids is 1. The maximum atomic E-state index is 11.5. The molecule has 1 aromatic rings. The highest BCUT2D eigenvalue weighted by atomic mass is 16.4. The van der Waals surface area contributed by atoms with E-state index in [-0.39, 0.29) is 11.3 Å². The molecule has 80 valence electrons. The van der Waals surface area contributed by atoms with E-state index in [9.17, 15) is 19.2 Å². The van der Waals surface area contributed by atoms with Gasteiger partial charge in [-0.25, -0.2) is 4.79 Å². The Morgan fingerprint density at radius 1 is 1.12 bits per heavy atom. The number of carbonyl (C=O) groups is 3. The van der Waals surface area contributed by atoms with Gasteiger partial charge in [-0.2, -0.15) is 0 Å². The number of allylic oxidation sites excluding steroid dienone is 2. The van der Waals surface area contributed by atoms with Gasteiger partial charge in [-0.3, -0.25) is 14.4 Å². The summed E-state index contributed by atoms with van der Waals surface area (Å²) >= 11 is 0. The van der Waals surface area contributed by atoms with Crippen LogP contribution >= 0.6 is 0 Å². The first-order chi connectivity index (χ1) is 7.50. The number of aromatic nitrogens is 1. The average molecular weight is 219 g/mol. The molecule has 0 aliphatic heterocycles. The second kappa shape index (κ2) is 3.27. The lowest BCUT2D eigenvalue weighted by molar-refractivity contribution is 0.0689. The number of pyridine rings is 1. The number of ketones is 2. The van der Waals surface area contributed by atoms with Crippen molar-refractivity contribution >= 4 is 17.5 Å². The van der Waals surface area contributed by atoms with Crippen LogP contribution in [0.3, 0.4) is 0 Å². The topological polar surface area (TPSA) is 104 Å². The number of hydrogen-bond donors (Lipinski definition) is 2. The van der Waals surface area contributed by atoms with Crippen LogP contribution in [0.25, 0.3) is 0 Å². The van der Waals surface area contributed by atoms with E-state index >= 15 is 0 Å². The van der Waals surface area contributed by atoms with E-state index in [1.54, 1.807) is 0 Å². The Morgan fingerprint density at radius 2 is 1.75 bits per heavy atom. The zero-order valence-corrected chi connectivity index (χ0v) is 7.81. The number of carboxylic acid groups (broad SMARTS) is 1. The molecule has 0 spiro atoms. The van der Waals surface area contributed by atoms with Crippen LogP contribution in [0.1, 0.15) is 31.3 Å². The van der Waals surface area contributed by atoms with Crippen molar-refractivity contribution in [3.8, 4) is 0 Å². The van der Waals surface area contributed by atoms with Crippen LogP contribution in [0.2, 0.25) is 0 Å². The van der Waals surface area contributed by atoms with Gasteiger partial charge in [-0.05, 0) is 12.2 Å². The molecule has 0 unspecified atom stereocenters. The van der Waals surface area contributed by atoms with Crippen molar-refractivity contribution in [3.63, 3.8) is 0 Å². The number of aromatic amines is 1. The van der Waals surface area contributed by atoms with E-state index in [4.69, 9.17) is 5.11 Å². The number of aromatic carboxylic acids is 1. The van der Waals surface area contributed by atoms with Gasteiger partial charge in [0.2, 0.25) is 5.78 Å². The van der Waals surface area contributed by atoms with E-state index in [0.717, 1.165) is 18.2 Å². The van der Waals surface area contributed by atoms with Gasteiger partial charge in [0.1, 0.15) is 11.4 Å². The molecule has 6 nitrogen and oxygen atoms in total. The summed E-state index contributed by atoms with van der Waals surface area (Å²) in [6.07, 6.45) is 1.98. The van der Waals surface area contributed by atoms with Gasteiger partial charge in [0.25, 0.3) is 0 Å². The van der Waals surface area contributed by atoms with Crippen LogP contribution in [0.5, 0.6) is 0 Å². The van der Waals surface area contributed by atoms with Gasteiger partial charge < -0.3 is 10.1 Å². The Balaban J connectivity index is 2.79. The lowest BCUT2D eigenvalue weighted by Gasteiger charge is -2.08. The van der Waals surface area contributed by atoms with E-state index in [1.807, 2.05) is 0 Å². The molecule has 1 heterocycles. The maximum absolute atomic E-state index is 11.5. The van der Waals surface area contributed by atoms with E-state index < -0.39 is 28.7 Å². The minimum Gasteiger partial charge on any atom is -0.477 e. The number of hydrogen-bond acceptors (Lipinski definition) is 4. The molecule has 1 aliphatic rings. The highest BCUT2D eigenvalue weighted by Gasteiger charge is 2.24. The first-order valence-electron chi connectivity index (χ1n) is 4.28. The lowest BCUT2D eigenvalue weighted by atomic mass is 9.99. The van der Waals surface area contributed by atoms with Crippen LogP contribution in [0, 0.1) is 0 Å². The summed E-state index contributed by atoms with van der Waals surface area (Å²) in [4.78, 5) is 47.0. The molecular weight excluding hydrogens is 214 g/mol. The number of rotatable bonds is 1. The van der Waals surface area contributed by atoms with Gasteiger partial charge >= 0.3 is 5.97 Å². The molecule has 1 aromatic heterocycles. The van der Waals surface area contributed by atoms with Crippen molar-refractivity contribution in [1.82, 2.24) is 4.98 Å². The molecule has 0 atom stereocenters. The predicted octanol–water partition coefficient (Wildman–Crippen LogP) is 0.00830. The first kappa shape index (κ1) is 10.0. The summed E-state index contributed by atoms with van der Waals surface area (Å²) in [6.45, 7) is 0. The van der Waals surface area contributed by atoms with Crippen LogP contribution in [0.4, 0.5) is 0 Å². The molecule has 0 amide bonds. The molecule has 0 saturated heterocycles. The third kappa shape index (κ3) is 1.36. The quantitative estimate of drug-likeness (QED) is 0.692. The third-order valence-electron chi connectivity index (χ3n) is 2.14. The minimum atomic E-state index is -1.37. The molecule has 0 saturated carbocycles. The second-order valence-corrected chi connectivity index (χ2v) is 3.16. The van der Waals surface area contributed by atoms with Gasteiger partial charge in [0.15, 0.2) is 11.2 Å². The van der Waals surface area contributed by atoms with Crippen LogP contribution in [-0.4, -0.2) is 27.6 Å². The summed E-state index contributed by atoms with van der Waals surface area (Å²) in [5.74, 6) is -2.56. The minimum absolute atomic E-state index is 0.266. The largest absolute Gasteiger partial charge is 0.477 e. The molecule has 6 heteroatoms. The van der Waals surface area contributed by atoms with Crippen molar-refractivity contribution < 1.29 is 19.5 Å². The van der Waals surface area contributed by atoms with Crippen molar-refractivity contribution in [1.29, 1.82) is 0 Å². The number of H-pyrrole nitrogens is 1. The Labute approximate surface area is 88.2 Å². The van der Waals surface area contributed by atoms with Gasteiger partial charge in [-0.15, -0.1) is 0 Å². The zero-order valence-electron chi connectivity index (χ0n) is 7.81. The van der Waals surface area contributed by atoms with Crippen molar-refractivity contribution in [2.24, 2.45) is 0 Å². The van der Waals surface area contributed by atoms with E-state index in [0.29, 0.717) is 0 Å². The molecular formula is C10H5NO5. The van der Waals surface area contributed by atoms with Crippen molar-refractivity contribution in [2.75, 3.05) is 0 Å². The highest BCUT2D eigenvalue weighted by Crippen LogP contribution is 2.11. The summed E-state index contributed by atoms with van der Waals surface area (Å²) in [5, 5.41) is 8.68. The first-order valence-corrected chi connectivity index (χ1v) is 4.28. The fourth-order valence-corrected chi connectivity index (χ4v) is 1.42. The average Bonchev–Trinajstić information content (AvgIpc) is 2.22. The second-order valence-electron chi connectivity index (χ2n) is 3.16. The fourth-order valence-electron chi connectivity index (χ4n) is 1.42. The van der Waals surface area contributed by atoms with Gasteiger partial charge in [0, 0.05) is 6.07 Å². The van der Waals surface area contributed by atoms with Gasteiger partial charge in [0.05, 0.1) is 5.56 Å². The lowest BCUT2D eigenvalue weighted by Crippen LogP contribution is -2.25. The molecule has 1 aliphatic carbocycles. The summed E-state index contributed by atoms with van der Waals surface area (Å²) in [7, 11) is 0. The fraction of sp³-hybridized carbons (Fsp3) is 0. The van der Waals surface area contributed by atoms with Crippen LogP contribution < -0.4 is 5.43 Å². The number of fused-ring (bicyclic) bond motifs is 1. The molecule has 16 heavy (non-hydrogen) atoms. The Kier molecular flexibility index (Phi) is 2.05. The molecule has 2 N–H and O–H groups in total. The molecule has 2 rings (SSSR count). The predicted molar refractivity (Wildman–Crippen MR) is 51.8 cm³/mol. The normalized spacial score (nSPS) is 13.8. The molecule has 0 fully saturated rings. The molecule has 0 bridgehead atoms. The highest BCUT2D eigenvalue weighted by molar-refractivity contribution is 6.21. The van der Waals surface area contributed by atoms with Crippen LogP contribution in [0.15, 0.2) is 23.0 Å². The smallest absolute Gasteiger partial charge is 0.352 e.